The number of amides is 1. The Labute approximate surface area is 187 Å². The molecule has 1 aromatic heterocycles. The average molecular weight is 443 g/mol. The standard InChI is InChI=1S/C24H30N2O4S/c1-29-18-12-15(13-19(30-2)22(18)27)14-25-24-21(17-10-6-7-11-20(17)31-24)23(28)26-16-8-4-3-5-9-16/h12-14,16,27H,3-11H2,1-2H3,(H,26,28). The fourth-order valence-electron chi connectivity index (χ4n) is 4.50. The van der Waals surface area contributed by atoms with E-state index in [0.717, 1.165) is 54.7 Å². The van der Waals surface area contributed by atoms with E-state index in [4.69, 9.17) is 14.5 Å². The first-order valence-electron chi connectivity index (χ1n) is 11.0. The Kier molecular flexibility index (Phi) is 6.80. The molecule has 7 heteroatoms. The Morgan fingerprint density at radius 3 is 2.45 bits per heavy atom. The number of aliphatic imine (C=N–C) groups is 1. The minimum Gasteiger partial charge on any atom is -0.502 e. The molecule has 0 saturated heterocycles. The molecule has 0 spiro atoms. The summed E-state index contributed by atoms with van der Waals surface area (Å²) in [5.41, 5.74) is 2.66. The minimum absolute atomic E-state index is 0.0133. The molecular formula is C24H30N2O4S. The summed E-state index contributed by atoms with van der Waals surface area (Å²) in [5.74, 6) is 0.615. The van der Waals surface area contributed by atoms with Crippen LogP contribution >= 0.6 is 11.3 Å². The van der Waals surface area contributed by atoms with Crippen molar-refractivity contribution in [2.75, 3.05) is 14.2 Å². The summed E-state index contributed by atoms with van der Waals surface area (Å²) < 4.78 is 10.5. The van der Waals surface area contributed by atoms with Crippen molar-refractivity contribution >= 4 is 28.5 Å². The number of aryl methyl sites for hydroxylation is 1. The van der Waals surface area contributed by atoms with E-state index in [1.54, 1.807) is 29.7 Å². The Balaban J connectivity index is 1.65. The van der Waals surface area contributed by atoms with Crippen molar-refractivity contribution in [2.24, 2.45) is 4.99 Å². The third-order valence-electron chi connectivity index (χ3n) is 6.15. The van der Waals surface area contributed by atoms with Gasteiger partial charge in [-0.25, -0.2) is 4.99 Å². The van der Waals surface area contributed by atoms with Gasteiger partial charge in [0.05, 0.1) is 19.8 Å². The van der Waals surface area contributed by atoms with Crippen LogP contribution in [0.1, 0.15) is 71.3 Å². The zero-order valence-electron chi connectivity index (χ0n) is 18.2. The smallest absolute Gasteiger partial charge is 0.254 e. The third-order valence-corrected chi connectivity index (χ3v) is 7.35. The molecule has 2 aliphatic rings. The second kappa shape index (κ2) is 9.73. The number of benzene rings is 1. The summed E-state index contributed by atoms with van der Waals surface area (Å²) in [6, 6.07) is 3.68. The van der Waals surface area contributed by atoms with E-state index in [2.05, 4.69) is 5.32 Å². The van der Waals surface area contributed by atoms with Crippen molar-refractivity contribution in [2.45, 2.75) is 63.8 Å². The third kappa shape index (κ3) is 4.71. The predicted octanol–water partition coefficient (Wildman–Crippen LogP) is 5.16. The lowest BCUT2D eigenvalue weighted by molar-refractivity contribution is 0.0927. The molecule has 1 fully saturated rings. The van der Waals surface area contributed by atoms with Crippen molar-refractivity contribution < 1.29 is 19.4 Å². The van der Waals surface area contributed by atoms with Crippen LogP contribution in [-0.2, 0) is 12.8 Å². The van der Waals surface area contributed by atoms with Gasteiger partial charge >= 0.3 is 0 Å². The van der Waals surface area contributed by atoms with Crippen molar-refractivity contribution in [3.05, 3.63) is 33.7 Å². The zero-order valence-corrected chi connectivity index (χ0v) is 19.0. The normalized spacial score (nSPS) is 16.8. The molecule has 2 aromatic rings. The lowest BCUT2D eigenvalue weighted by Crippen LogP contribution is -2.36. The quantitative estimate of drug-likeness (QED) is 0.606. The molecule has 4 rings (SSSR count). The number of carbonyl (C=O) groups excluding carboxylic acids is 1. The molecule has 166 valence electrons. The molecule has 1 heterocycles. The van der Waals surface area contributed by atoms with Gasteiger partial charge in [-0.05, 0) is 56.2 Å². The highest BCUT2D eigenvalue weighted by atomic mass is 32.1. The molecule has 0 unspecified atom stereocenters. The SMILES string of the molecule is COc1cc(C=Nc2sc3c(c2C(=O)NC2CCCCC2)CCCC3)cc(OC)c1O. The summed E-state index contributed by atoms with van der Waals surface area (Å²) >= 11 is 1.62. The monoisotopic (exact) mass is 442 g/mol. The summed E-state index contributed by atoms with van der Waals surface area (Å²) in [6.45, 7) is 0. The highest BCUT2D eigenvalue weighted by Crippen LogP contribution is 2.41. The second-order valence-corrected chi connectivity index (χ2v) is 9.32. The van der Waals surface area contributed by atoms with Gasteiger partial charge in [0, 0.05) is 22.7 Å². The number of ether oxygens (including phenoxy) is 2. The number of aromatic hydroxyl groups is 1. The van der Waals surface area contributed by atoms with Gasteiger partial charge in [-0.1, -0.05) is 19.3 Å². The van der Waals surface area contributed by atoms with E-state index < -0.39 is 0 Å². The number of hydrogen-bond acceptors (Lipinski definition) is 6. The van der Waals surface area contributed by atoms with Gasteiger partial charge in [-0.2, -0.15) is 0 Å². The van der Waals surface area contributed by atoms with E-state index in [1.165, 1.54) is 43.9 Å². The van der Waals surface area contributed by atoms with Crippen molar-refractivity contribution in [1.29, 1.82) is 0 Å². The van der Waals surface area contributed by atoms with Crippen LogP contribution < -0.4 is 14.8 Å². The van der Waals surface area contributed by atoms with Crippen LogP contribution in [0.5, 0.6) is 17.2 Å². The van der Waals surface area contributed by atoms with Gasteiger partial charge in [0.15, 0.2) is 11.5 Å². The summed E-state index contributed by atoms with van der Waals surface area (Å²) in [4.78, 5) is 19.3. The molecular weight excluding hydrogens is 412 g/mol. The summed E-state index contributed by atoms with van der Waals surface area (Å²) in [7, 11) is 2.99. The molecule has 6 nitrogen and oxygen atoms in total. The molecule has 0 aliphatic heterocycles. The predicted molar refractivity (Wildman–Crippen MR) is 124 cm³/mol. The molecule has 1 aromatic carbocycles. The first kappa shape index (κ1) is 21.7. The second-order valence-electron chi connectivity index (χ2n) is 8.23. The van der Waals surface area contributed by atoms with Gasteiger partial charge in [-0.3, -0.25) is 4.79 Å². The van der Waals surface area contributed by atoms with Crippen LogP contribution in [0.3, 0.4) is 0 Å². The maximum atomic E-state index is 13.3. The largest absolute Gasteiger partial charge is 0.502 e. The molecule has 2 aliphatic carbocycles. The van der Waals surface area contributed by atoms with E-state index in [1.807, 2.05) is 0 Å². The first-order chi connectivity index (χ1) is 15.1. The van der Waals surface area contributed by atoms with Gasteiger partial charge in [-0.15, -0.1) is 11.3 Å². The van der Waals surface area contributed by atoms with Gasteiger partial charge in [0.25, 0.3) is 5.91 Å². The molecule has 31 heavy (non-hydrogen) atoms. The van der Waals surface area contributed by atoms with Crippen LogP contribution in [0.25, 0.3) is 0 Å². The Morgan fingerprint density at radius 2 is 1.77 bits per heavy atom. The van der Waals surface area contributed by atoms with Gasteiger partial charge in [0.1, 0.15) is 5.00 Å². The van der Waals surface area contributed by atoms with Crippen LogP contribution in [0, 0.1) is 0 Å². The molecule has 1 amide bonds. The number of methoxy groups -OCH3 is 2. The number of nitrogens with zero attached hydrogens (tertiary/aromatic N) is 1. The van der Waals surface area contributed by atoms with E-state index in [9.17, 15) is 9.90 Å². The molecule has 1 saturated carbocycles. The maximum absolute atomic E-state index is 13.3. The van der Waals surface area contributed by atoms with E-state index >= 15 is 0 Å². The van der Waals surface area contributed by atoms with E-state index in [-0.39, 0.29) is 17.7 Å². The molecule has 2 N–H and O–H groups in total. The average Bonchev–Trinajstić information content (AvgIpc) is 3.17. The molecule has 0 bridgehead atoms. The highest BCUT2D eigenvalue weighted by molar-refractivity contribution is 7.16. The number of carbonyl (C=O) groups is 1. The van der Waals surface area contributed by atoms with Crippen LogP contribution in [0.2, 0.25) is 0 Å². The zero-order chi connectivity index (χ0) is 21.8. The van der Waals surface area contributed by atoms with Crippen LogP contribution in [0.4, 0.5) is 5.00 Å². The Hall–Kier alpha value is -2.54. The van der Waals surface area contributed by atoms with Gasteiger partial charge < -0.3 is 19.9 Å². The Morgan fingerprint density at radius 1 is 1.10 bits per heavy atom. The van der Waals surface area contributed by atoms with E-state index in [0.29, 0.717) is 11.5 Å². The first-order valence-corrected chi connectivity index (χ1v) is 11.9. The lowest BCUT2D eigenvalue weighted by Gasteiger charge is -2.23. The topological polar surface area (TPSA) is 80.2 Å². The van der Waals surface area contributed by atoms with Crippen LogP contribution in [0.15, 0.2) is 17.1 Å². The number of hydrogen-bond donors (Lipinski definition) is 2. The lowest BCUT2D eigenvalue weighted by atomic mass is 9.93. The van der Waals surface area contributed by atoms with Crippen molar-refractivity contribution in [3.63, 3.8) is 0 Å². The van der Waals surface area contributed by atoms with Crippen LogP contribution in [-0.4, -0.2) is 37.5 Å². The van der Waals surface area contributed by atoms with Crippen molar-refractivity contribution in [3.8, 4) is 17.2 Å². The Bertz CT molecular complexity index is 951. The number of thiophene rings is 1. The molecule has 0 radical (unpaired) electrons. The number of phenols is 1. The number of phenolic OH excluding ortho intramolecular Hbond substituents is 1. The fraction of sp³-hybridized carbons (Fsp3) is 0.500. The minimum atomic E-state index is -0.0405. The summed E-state index contributed by atoms with van der Waals surface area (Å²) in [6.07, 6.45) is 11.7. The van der Waals surface area contributed by atoms with Gasteiger partial charge in [0.2, 0.25) is 5.75 Å². The number of rotatable bonds is 6. The maximum Gasteiger partial charge on any atom is 0.254 e. The highest BCUT2D eigenvalue weighted by Gasteiger charge is 2.27. The number of nitrogens with one attached hydrogen (secondary N) is 1. The van der Waals surface area contributed by atoms with Crippen molar-refractivity contribution in [1.82, 2.24) is 5.32 Å². The number of fused-ring (bicyclic) bond motifs is 1. The fourth-order valence-corrected chi connectivity index (χ4v) is 5.73. The molecule has 0 atom stereocenters. The summed E-state index contributed by atoms with van der Waals surface area (Å²) in [5, 5.41) is 14.2.